The standard InChI is InChI=1S/C18H22F3N5O/c1-22-17(23-7-9-26-8-3-6-24-26)25-10-11-27-16(13-25)14-4-2-5-15(12-14)18(19,20)21/h2-6,8,12,16H,7,9-11,13H2,1H3,(H,22,23). The predicted octanol–water partition coefficient (Wildman–Crippen LogP) is 2.55. The first-order valence-electron chi connectivity index (χ1n) is 8.69. The van der Waals surface area contributed by atoms with Gasteiger partial charge in [-0.3, -0.25) is 9.67 Å². The Kier molecular flexibility index (Phi) is 6.00. The van der Waals surface area contributed by atoms with Crippen molar-refractivity contribution in [1.82, 2.24) is 20.0 Å². The van der Waals surface area contributed by atoms with Gasteiger partial charge in [0.1, 0.15) is 6.10 Å². The Hall–Kier alpha value is -2.55. The third-order valence-corrected chi connectivity index (χ3v) is 4.35. The number of hydrogen-bond acceptors (Lipinski definition) is 3. The highest BCUT2D eigenvalue weighted by Gasteiger charge is 2.32. The zero-order valence-electron chi connectivity index (χ0n) is 15.0. The predicted molar refractivity (Wildman–Crippen MR) is 95.3 cm³/mol. The summed E-state index contributed by atoms with van der Waals surface area (Å²) in [5, 5.41) is 7.41. The summed E-state index contributed by atoms with van der Waals surface area (Å²) in [5.41, 5.74) is -0.149. The molecule has 0 bridgehead atoms. The number of guanidine groups is 1. The summed E-state index contributed by atoms with van der Waals surface area (Å²) in [6.45, 7) is 2.80. The highest BCUT2D eigenvalue weighted by molar-refractivity contribution is 5.80. The zero-order chi connectivity index (χ0) is 19.3. The maximum Gasteiger partial charge on any atom is 0.416 e. The normalized spacial score (nSPS) is 18.6. The van der Waals surface area contributed by atoms with E-state index in [1.807, 2.05) is 21.8 Å². The topological polar surface area (TPSA) is 54.7 Å². The van der Waals surface area contributed by atoms with Gasteiger partial charge in [-0.1, -0.05) is 12.1 Å². The lowest BCUT2D eigenvalue weighted by molar-refractivity contribution is -0.137. The van der Waals surface area contributed by atoms with Crippen LogP contribution >= 0.6 is 0 Å². The average molecular weight is 381 g/mol. The molecule has 2 heterocycles. The minimum absolute atomic E-state index is 0.417. The van der Waals surface area contributed by atoms with E-state index in [0.29, 0.717) is 44.3 Å². The molecule has 1 aliphatic rings. The van der Waals surface area contributed by atoms with Crippen molar-refractivity contribution in [3.05, 3.63) is 53.9 Å². The first kappa shape index (κ1) is 19.2. The molecule has 1 aliphatic heterocycles. The van der Waals surface area contributed by atoms with E-state index in [0.717, 1.165) is 12.1 Å². The van der Waals surface area contributed by atoms with Gasteiger partial charge in [0.05, 0.1) is 25.3 Å². The Labute approximate surface area is 155 Å². The molecular weight excluding hydrogens is 359 g/mol. The largest absolute Gasteiger partial charge is 0.416 e. The van der Waals surface area contributed by atoms with Crippen LogP contribution in [0.2, 0.25) is 0 Å². The number of halogens is 3. The molecule has 146 valence electrons. The molecule has 1 N–H and O–H groups in total. The van der Waals surface area contributed by atoms with Gasteiger partial charge in [0, 0.05) is 32.5 Å². The molecule has 0 spiro atoms. The molecular formula is C18H22F3N5O. The van der Waals surface area contributed by atoms with Crippen LogP contribution in [0.4, 0.5) is 13.2 Å². The summed E-state index contributed by atoms with van der Waals surface area (Å²) < 4.78 is 46.4. The van der Waals surface area contributed by atoms with Crippen LogP contribution in [-0.4, -0.2) is 53.9 Å². The van der Waals surface area contributed by atoms with Gasteiger partial charge >= 0.3 is 6.18 Å². The Balaban J connectivity index is 1.62. The number of aromatic nitrogens is 2. The van der Waals surface area contributed by atoms with Crippen molar-refractivity contribution in [3.63, 3.8) is 0 Å². The number of nitrogens with zero attached hydrogens (tertiary/aromatic N) is 4. The van der Waals surface area contributed by atoms with Gasteiger partial charge < -0.3 is 15.0 Å². The second kappa shape index (κ2) is 8.43. The zero-order valence-corrected chi connectivity index (χ0v) is 15.0. The van der Waals surface area contributed by atoms with Crippen LogP contribution < -0.4 is 5.32 Å². The van der Waals surface area contributed by atoms with Gasteiger partial charge in [0.15, 0.2) is 5.96 Å². The van der Waals surface area contributed by atoms with E-state index in [1.54, 1.807) is 19.3 Å². The lowest BCUT2D eigenvalue weighted by Crippen LogP contribution is -2.48. The molecule has 1 aromatic heterocycles. The van der Waals surface area contributed by atoms with Crippen molar-refractivity contribution in [2.75, 3.05) is 33.3 Å². The van der Waals surface area contributed by atoms with Gasteiger partial charge in [-0.15, -0.1) is 0 Å². The van der Waals surface area contributed by atoms with Crippen LogP contribution in [0.25, 0.3) is 0 Å². The number of morpholine rings is 1. The summed E-state index contributed by atoms with van der Waals surface area (Å²) in [5.74, 6) is 0.697. The van der Waals surface area contributed by atoms with Gasteiger partial charge in [-0.2, -0.15) is 18.3 Å². The molecule has 1 fully saturated rings. The summed E-state index contributed by atoms with van der Waals surface area (Å²) >= 11 is 0. The van der Waals surface area contributed by atoms with E-state index >= 15 is 0 Å². The summed E-state index contributed by atoms with van der Waals surface area (Å²) in [7, 11) is 1.69. The second-order valence-corrected chi connectivity index (χ2v) is 6.17. The monoisotopic (exact) mass is 381 g/mol. The molecule has 0 saturated carbocycles. The van der Waals surface area contributed by atoms with Crippen LogP contribution in [0.5, 0.6) is 0 Å². The number of alkyl halides is 3. The number of aliphatic imine (C=N–C) groups is 1. The van der Waals surface area contributed by atoms with E-state index in [2.05, 4.69) is 15.4 Å². The maximum atomic E-state index is 13.0. The van der Waals surface area contributed by atoms with Gasteiger partial charge in [0.25, 0.3) is 0 Å². The number of nitrogens with one attached hydrogen (secondary N) is 1. The van der Waals surface area contributed by atoms with Crippen molar-refractivity contribution in [2.24, 2.45) is 4.99 Å². The van der Waals surface area contributed by atoms with Crippen molar-refractivity contribution < 1.29 is 17.9 Å². The van der Waals surface area contributed by atoms with Crippen molar-refractivity contribution >= 4 is 5.96 Å². The molecule has 1 unspecified atom stereocenters. The smallest absolute Gasteiger partial charge is 0.370 e. The highest BCUT2D eigenvalue weighted by atomic mass is 19.4. The maximum absolute atomic E-state index is 13.0. The lowest BCUT2D eigenvalue weighted by atomic mass is 10.0. The Morgan fingerprint density at radius 1 is 1.37 bits per heavy atom. The van der Waals surface area contributed by atoms with Crippen LogP contribution in [0.15, 0.2) is 47.7 Å². The molecule has 1 aromatic carbocycles. The molecule has 0 radical (unpaired) electrons. The summed E-state index contributed by atoms with van der Waals surface area (Å²) in [4.78, 5) is 6.28. The van der Waals surface area contributed by atoms with E-state index in [1.165, 1.54) is 6.07 Å². The fourth-order valence-corrected chi connectivity index (χ4v) is 3.01. The van der Waals surface area contributed by atoms with Gasteiger partial charge in [-0.25, -0.2) is 0 Å². The van der Waals surface area contributed by atoms with E-state index in [-0.39, 0.29) is 0 Å². The lowest BCUT2D eigenvalue weighted by Gasteiger charge is -2.35. The van der Waals surface area contributed by atoms with Crippen molar-refractivity contribution in [2.45, 2.75) is 18.8 Å². The first-order valence-corrected chi connectivity index (χ1v) is 8.69. The number of hydrogen-bond donors (Lipinski definition) is 1. The molecule has 1 saturated heterocycles. The molecule has 9 heteroatoms. The highest BCUT2D eigenvalue weighted by Crippen LogP contribution is 2.32. The molecule has 1 atom stereocenters. The molecule has 27 heavy (non-hydrogen) atoms. The van der Waals surface area contributed by atoms with Crippen LogP contribution in [0.3, 0.4) is 0 Å². The van der Waals surface area contributed by atoms with Crippen molar-refractivity contribution in [1.29, 1.82) is 0 Å². The molecule has 2 aromatic rings. The fourth-order valence-electron chi connectivity index (χ4n) is 3.01. The minimum atomic E-state index is -4.37. The second-order valence-electron chi connectivity index (χ2n) is 6.17. The first-order chi connectivity index (χ1) is 13.0. The molecule has 0 aliphatic carbocycles. The SMILES string of the molecule is CN=C(NCCn1cccn1)N1CCOC(c2cccc(C(F)(F)F)c2)C1. The Morgan fingerprint density at radius 3 is 2.93 bits per heavy atom. The van der Waals surface area contributed by atoms with E-state index in [9.17, 15) is 13.2 Å². The third kappa shape index (κ3) is 5.00. The van der Waals surface area contributed by atoms with E-state index in [4.69, 9.17) is 4.74 Å². The van der Waals surface area contributed by atoms with Gasteiger partial charge in [0.2, 0.25) is 0 Å². The van der Waals surface area contributed by atoms with Crippen molar-refractivity contribution in [3.8, 4) is 0 Å². The van der Waals surface area contributed by atoms with Gasteiger partial charge in [-0.05, 0) is 23.8 Å². The number of benzene rings is 1. The van der Waals surface area contributed by atoms with Crippen LogP contribution in [0, 0.1) is 0 Å². The quantitative estimate of drug-likeness (QED) is 0.653. The average Bonchev–Trinajstić information content (AvgIpc) is 3.18. The van der Waals surface area contributed by atoms with Crippen LogP contribution in [-0.2, 0) is 17.5 Å². The number of ether oxygens (including phenoxy) is 1. The Bertz CT molecular complexity index is 761. The Morgan fingerprint density at radius 2 is 2.22 bits per heavy atom. The summed E-state index contributed by atoms with van der Waals surface area (Å²) in [6.07, 6.45) is -1.21. The molecule has 6 nitrogen and oxygen atoms in total. The fraction of sp³-hybridized carbons (Fsp3) is 0.444. The minimum Gasteiger partial charge on any atom is -0.370 e. The van der Waals surface area contributed by atoms with E-state index < -0.39 is 17.8 Å². The summed E-state index contributed by atoms with van der Waals surface area (Å²) in [6, 6.07) is 7.16. The third-order valence-electron chi connectivity index (χ3n) is 4.35. The molecule has 3 rings (SSSR count). The number of rotatable bonds is 4. The van der Waals surface area contributed by atoms with Crippen LogP contribution in [0.1, 0.15) is 17.2 Å². The molecule has 0 amide bonds.